The fraction of sp³-hybridized carbons (Fsp3) is 0.538. The summed E-state index contributed by atoms with van der Waals surface area (Å²) in [5.74, 6) is -0.232. The standard InChI is InChI=1S/C13H17BrFNO/c14-12-10(2-1-3-11(12)15)8-13(9-17)4-6-16-7-5-13/h1-3,16-17H,4-9H2. The van der Waals surface area contributed by atoms with E-state index < -0.39 is 0 Å². The normalized spacial score (nSPS) is 19.2. The highest BCUT2D eigenvalue weighted by atomic mass is 79.9. The first-order valence-corrected chi connectivity index (χ1v) is 6.71. The number of hydrogen-bond donors (Lipinski definition) is 2. The van der Waals surface area contributed by atoms with Crippen LogP contribution in [0.4, 0.5) is 4.39 Å². The lowest BCUT2D eigenvalue weighted by Gasteiger charge is -2.36. The Kier molecular flexibility index (Phi) is 4.17. The van der Waals surface area contributed by atoms with E-state index in [4.69, 9.17) is 0 Å². The van der Waals surface area contributed by atoms with Gasteiger partial charge in [-0.3, -0.25) is 0 Å². The topological polar surface area (TPSA) is 32.3 Å². The molecule has 0 atom stereocenters. The molecule has 1 fully saturated rings. The number of piperidine rings is 1. The monoisotopic (exact) mass is 301 g/mol. The Morgan fingerprint density at radius 2 is 2.06 bits per heavy atom. The lowest BCUT2D eigenvalue weighted by Crippen LogP contribution is -2.40. The Labute approximate surface area is 109 Å². The average molecular weight is 302 g/mol. The number of benzene rings is 1. The second-order valence-corrected chi connectivity index (χ2v) is 5.59. The van der Waals surface area contributed by atoms with Gasteiger partial charge in [0.25, 0.3) is 0 Å². The lowest BCUT2D eigenvalue weighted by atomic mass is 9.75. The first-order valence-electron chi connectivity index (χ1n) is 5.91. The predicted molar refractivity (Wildman–Crippen MR) is 69.4 cm³/mol. The van der Waals surface area contributed by atoms with Crippen LogP contribution >= 0.6 is 15.9 Å². The van der Waals surface area contributed by atoms with Gasteiger partial charge < -0.3 is 10.4 Å². The molecule has 2 rings (SSSR count). The number of nitrogens with one attached hydrogen (secondary N) is 1. The summed E-state index contributed by atoms with van der Waals surface area (Å²) < 4.78 is 14.0. The molecule has 1 aromatic rings. The maximum absolute atomic E-state index is 13.4. The highest BCUT2D eigenvalue weighted by molar-refractivity contribution is 9.10. The third-order valence-electron chi connectivity index (χ3n) is 3.60. The van der Waals surface area contributed by atoms with Gasteiger partial charge in [-0.1, -0.05) is 12.1 Å². The Morgan fingerprint density at radius 3 is 2.71 bits per heavy atom. The van der Waals surface area contributed by atoms with Crippen molar-refractivity contribution in [2.45, 2.75) is 19.3 Å². The smallest absolute Gasteiger partial charge is 0.137 e. The molecule has 94 valence electrons. The summed E-state index contributed by atoms with van der Waals surface area (Å²) >= 11 is 3.29. The van der Waals surface area contributed by atoms with Gasteiger partial charge in [0.15, 0.2) is 0 Å². The van der Waals surface area contributed by atoms with Crippen LogP contribution in [0.25, 0.3) is 0 Å². The lowest BCUT2D eigenvalue weighted by molar-refractivity contribution is 0.0891. The maximum atomic E-state index is 13.4. The fourth-order valence-electron chi connectivity index (χ4n) is 2.44. The number of aliphatic hydroxyl groups is 1. The van der Waals surface area contributed by atoms with Crippen LogP contribution in [0.3, 0.4) is 0 Å². The van der Waals surface area contributed by atoms with E-state index in [-0.39, 0.29) is 17.8 Å². The van der Waals surface area contributed by atoms with E-state index in [2.05, 4.69) is 21.2 Å². The Balaban J connectivity index is 2.20. The molecule has 0 bridgehead atoms. The van der Waals surface area contributed by atoms with Crippen LogP contribution < -0.4 is 5.32 Å². The van der Waals surface area contributed by atoms with Gasteiger partial charge in [0.05, 0.1) is 4.47 Å². The molecule has 0 radical (unpaired) electrons. The number of hydrogen-bond acceptors (Lipinski definition) is 2. The summed E-state index contributed by atoms with van der Waals surface area (Å²) in [6, 6.07) is 5.09. The second-order valence-electron chi connectivity index (χ2n) is 4.80. The molecule has 0 spiro atoms. The molecular weight excluding hydrogens is 285 g/mol. The van der Waals surface area contributed by atoms with Crippen molar-refractivity contribution in [1.29, 1.82) is 0 Å². The average Bonchev–Trinajstić information content (AvgIpc) is 2.36. The molecule has 2 N–H and O–H groups in total. The molecule has 0 saturated carbocycles. The number of rotatable bonds is 3. The molecule has 0 amide bonds. The molecule has 1 aliphatic rings. The molecule has 1 aliphatic heterocycles. The van der Waals surface area contributed by atoms with Crippen molar-refractivity contribution >= 4 is 15.9 Å². The Morgan fingerprint density at radius 1 is 1.35 bits per heavy atom. The second kappa shape index (κ2) is 5.46. The van der Waals surface area contributed by atoms with Crippen LogP contribution in [0.2, 0.25) is 0 Å². The molecule has 1 saturated heterocycles. The van der Waals surface area contributed by atoms with Gasteiger partial charge in [0.2, 0.25) is 0 Å². The van der Waals surface area contributed by atoms with Crippen LogP contribution in [-0.2, 0) is 6.42 Å². The molecular formula is C13H17BrFNO. The van der Waals surface area contributed by atoms with Crippen LogP contribution in [0.1, 0.15) is 18.4 Å². The van der Waals surface area contributed by atoms with Gasteiger partial charge in [-0.2, -0.15) is 0 Å². The zero-order valence-corrected chi connectivity index (χ0v) is 11.3. The van der Waals surface area contributed by atoms with Crippen molar-refractivity contribution < 1.29 is 9.50 Å². The van der Waals surface area contributed by atoms with Gasteiger partial charge in [-0.15, -0.1) is 0 Å². The predicted octanol–water partition coefficient (Wildman–Crippen LogP) is 2.49. The van der Waals surface area contributed by atoms with Crippen LogP contribution in [0.5, 0.6) is 0 Å². The summed E-state index contributed by atoms with van der Waals surface area (Å²) in [6.07, 6.45) is 2.60. The molecule has 0 unspecified atom stereocenters. The van der Waals surface area contributed by atoms with Gasteiger partial charge in [0.1, 0.15) is 5.82 Å². The summed E-state index contributed by atoms with van der Waals surface area (Å²) in [4.78, 5) is 0. The van der Waals surface area contributed by atoms with E-state index in [1.54, 1.807) is 6.07 Å². The van der Waals surface area contributed by atoms with Crippen LogP contribution in [0, 0.1) is 11.2 Å². The van der Waals surface area contributed by atoms with E-state index in [0.29, 0.717) is 4.47 Å². The summed E-state index contributed by atoms with van der Waals surface area (Å²) in [7, 11) is 0. The minimum absolute atomic E-state index is 0.0957. The van der Waals surface area contributed by atoms with Crippen molar-refractivity contribution in [3.63, 3.8) is 0 Å². The number of halogens is 2. The first-order chi connectivity index (χ1) is 8.17. The van der Waals surface area contributed by atoms with Crippen molar-refractivity contribution in [1.82, 2.24) is 5.32 Å². The largest absolute Gasteiger partial charge is 0.396 e. The van der Waals surface area contributed by atoms with Crippen molar-refractivity contribution in [3.8, 4) is 0 Å². The van der Waals surface area contributed by atoms with Gasteiger partial charge >= 0.3 is 0 Å². The summed E-state index contributed by atoms with van der Waals surface area (Å²) in [6.45, 7) is 2.01. The molecule has 17 heavy (non-hydrogen) atoms. The quantitative estimate of drug-likeness (QED) is 0.899. The summed E-state index contributed by atoms with van der Waals surface area (Å²) in [5, 5.41) is 12.9. The van der Waals surface area contributed by atoms with Crippen molar-refractivity contribution in [3.05, 3.63) is 34.1 Å². The molecule has 0 aromatic heterocycles. The van der Waals surface area contributed by atoms with E-state index in [0.717, 1.165) is 37.9 Å². The molecule has 1 aromatic carbocycles. The molecule has 2 nitrogen and oxygen atoms in total. The summed E-state index contributed by atoms with van der Waals surface area (Å²) in [5.41, 5.74) is 0.850. The van der Waals surface area contributed by atoms with Gasteiger partial charge in [-0.05, 0) is 65.3 Å². The third kappa shape index (κ3) is 2.87. The van der Waals surface area contributed by atoms with E-state index in [1.165, 1.54) is 6.07 Å². The van der Waals surface area contributed by atoms with E-state index >= 15 is 0 Å². The number of aliphatic hydroxyl groups excluding tert-OH is 1. The first kappa shape index (κ1) is 13.0. The van der Waals surface area contributed by atoms with Crippen molar-refractivity contribution in [2.75, 3.05) is 19.7 Å². The molecule has 0 aliphatic carbocycles. The SMILES string of the molecule is OCC1(Cc2cccc(F)c2Br)CCNCC1. The highest BCUT2D eigenvalue weighted by Gasteiger charge is 2.32. The highest BCUT2D eigenvalue weighted by Crippen LogP contribution is 2.35. The van der Waals surface area contributed by atoms with E-state index in [9.17, 15) is 9.50 Å². The Bertz CT molecular complexity index is 391. The molecule has 1 heterocycles. The molecule has 4 heteroatoms. The van der Waals surface area contributed by atoms with E-state index in [1.807, 2.05) is 6.07 Å². The van der Waals surface area contributed by atoms with Crippen LogP contribution in [-0.4, -0.2) is 24.8 Å². The zero-order valence-electron chi connectivity index (χ0n) is 9.68. The minimum atomic E-state index is -0.232. The van der Waals surface area contributed by atoms with Crippen LogP contribution in [0.15, 0.2) is 22.7 Å². The minimum Gasteiger partial charge on any atom is -0.396 e. The van der Waals surface area contributed by atoms with Crippen molar-refractivity contribution in [2.24, 2.45) is 5.41 Å². The fourth-order valence-corrected chi connectivity index (χ4v) is 2.84. The Hall–Kier alpha value is -0.450. The third-order valence-corrected chi connectivity index (χ3v) is 4.48. The maximum Gasteiger partial charge on any atom is 0.137 e. The zero-order chi connectivity index (χ0) is 12.3. The van der Waals surface area contributed by atoms with Gasteiger partial charge in [0, 0.05) is 6.61 Å². The van der Waals surface area contributed by atoms with Gasteiger partial charge in [-0.25, -0.2) is 4.39 Å².